The smallest absolute Gasteiger partial charge is 0.306 e. The van der Waals surface area contributed by atoms with Crippen molar-refractivity contribution in [1.29, 1.82) is 0 Å². The van der Waals surface area contributed by atoms with Crippen molar-refractivity contribution in [3.05, 3.63) is 12.2 Å². The molecule has 0 aliphatic rings. The fourth-order valence-corrected chi connectivity index (χ4v) is 8.14. The normalized spacial score (nSPS) is 12.0. The molecule has 6 heteroatoms. The Labute approximate surface area is 380 Å². The Balaban J connectivity index is 4.18. The van der Waals surface area contributed by atoms with Crippen LogP contribution in [0.1, 0.15) is 303 Å². The number of rotatable bonds is 50. The second-order valence-electron chi connectivity index (χ2n) is 18.5. The van der Waals surface area contributed by atoms with E-state index >= 15 is 0 Å². The number of carbonyl (C=O) groups excluding carboxylic acids is 3. The van der Waals surface area contributed by atoms with Gasteiger partial charge in [0.1, 0.15) is 13.2 Å². The number of esters is 3. The van der Waals surface area contributed by atoms with Gasteiger partial charge in [-0.1, -0.05) is 251 Å². The molecule has 0 N–H and O–H groups in total. The molecule has 1 atom stereocenters. The zero-order valence-corrected chi connectivity index (χ0v) is 41.2. The number of unbranched alkanes of at least 4 members (excludes halogenated alkanes) is 37. The fourth-order valence-electron chi connectivity index (χ4n) is 8.14. The Morgan fingerprint density at radius 1 is 0.311 bits per heavy atom. The second-order valence-corrected chi connectivity index (χ2v) is 18.5. The Morgan fingerprint density at radius 3 is 0.820 bits per heavy atom. The van der Waals surface area contributed by atoms with Crippen LogP contribution in [-0.2, 0) is 28.6 Å². The van der Waals surface area contributed by atoms with Gasteiger partial charge in [0.2, 0.25) is 0 Å². The van der Waals surface area contributed by atoms with Crippen LogP contribution < -0.4 is 0 Å². The van der Waals surface area contributed by atoms with E-state index in [-0.39, 0.29) is 31.1 Å². The summed E-state index contributed by atoms with van der Waals surface area (Å²) in [6, 6.07) is 0. The highest BCUT2D eigenvalue weighted by molar-refractivity contribution is 5.71. The van der Waals surface area contributed by atoms with Crippen LogP contribution in [0.15, 0.2) is 12.2 Å². The molecular weight excluding hydrogens is 757 g/mol. The first-order valence-corrected chi connectivity index (χ1v) is 27.2. The average Bonchev–Trinajstić information content (AvgIpc) is 3.26. The molecule has 0 saturated carbocycles. The number of hydrogen-bond donors (Lipinski definition) is 0. The average molecular weight is 861 g/mol. The summed E-state index contributed by atoms with van der Waals surface area (Å²) in [5, 5.41) is 0. The van der Waals surface area contributed by atoms with Crippen molar-refractivity contribution in [2.75, 3.05) is 13.2 Å². The van der Waals surface area contributed by atoms with Gasteiger partial charge in [0, 0.05) is 19.3 Å². The maximum absolute atomic E-state index is 12.8. The SMILES string of the molecule is CCCCCCCCC/C=C\CCCCCCCCCC(=O)OCC(COC(=O)CCCCCCCCC)OC(=O)CCCCCCCCCCCCCCCCCCCC. The summed E-state index contributed by atoms with van der Waals surface area (Å²) < 4.78 is 16.8. The molecule has 0 fully saturated rings. The van der Waals surface area contributed by atoms with Crippen molar-refractivity contribution >= 4 is 17.9 Å². The molecule has 0 saturated heterocycles. The van der Waals surface area contributed by atoms with Crippen LogP contribution in [0.3, 0.4) is 0 Å². The molecule has 0 heterocycles. The van der Waals surface area contributed by atoms with E-state index in [1.807, 2.05) is 0 Å². The molecule has 0 spiro atoms. The maximum atomic E-state index is 12.8. The Hall–Kier alpha value is -1.85. The highest BCUT2D eigenvalue weighted by atomic mass is 16.6. The number of allylic oxidation sites excluding steroid dienone is 2. The highest BCUT2D eigenvalue weighted by Crippen LogP contribution is 2.17. The lowest BCUT2D eigenvalue weighted by atomic mass is 10.0. The van der Waals surface area contributed by atoms with Gasteiger partial charge < -0.3 is 14.2 Å². The third-order valence-corrected chi connectivity index (χ3v) is 12.3. The predicted octanol–water partition coefficient (Wildman–Crippen LogP) is 17.8. The molecule has 0 aromatic heterocycles. The largest absolute Gasteiger partial charge is 0.462 e. The minimum absolute atomic E-state index is 0.0670. The van der Waals surface area contributed by atoms with E-state index in [1.54, 1.807) is 0 Å². The molecule has 0 rings (SSSR count). The Bertz CT molecular complexity index is 947. The summed E-state index contributed by atoms with van der Waals surface area (Å²) in [6.07, 6.45) is 56.4. The second kappa shape index (κ2) is 50.8. The molecule has 0 aliphatic heterocycles. The molecule has 0 aromatic rings. The molecule has 0 radical (unpaired) electrons. The monoisotopic (exact) mass is 861 g/mol. The fraction of sp³-hybridized carbons (Fsp3) is 0.909. The van der Waals surface area contributed by atoms with Gasteiger partial charge in [0.15, 0.2) is 6.10 Å². The zero-order chi connectivity index (χ0) is 44.4. The van der Waals surface area contributed by atoms with Crippen molar-refractivity contribution in [1.82, 2.24) is 0 Å². The molecule has 0 aromatic carbocycles. The molecule has 0 aliphatic carbocycles. The van der Waals surface area contributed by atoms with Crippen LogP contribution >= 0.6 is 0 Å². The Morgan fingerprint density at radius 2 is 0.541 bits per heavy atom. The lowest BCUT2D eigenvalue weighted by molar-refractivity contribution is -0.167. The minimum Gasteiger partial charge on any atom is -0.462 e. The summed E-state index contributed by atoms with van der Waals surface area (Å²) in [6.45, 7) is 6.64. The topological polar surface area (TPSA) is 78.9 Å². The summed E-state index contributed by atoms with van der Waals surface area (Å²) in [4.78, 5) is 37.8. The summed E-state index contributed by atoms with van der Waals surface area (Å²) in [5.74, 6) is -0.859. The van der Waals surface area contributed by atoms with Crippen LogP contribution in [0.2, 0.25) is 0 Å². The predicted molar refractivity (Wildman–Crippen MR) is 261 cm³/mol. The van der Waals surface area contributed by atoms with E-state index in [1.165, 1.54) is 205 Å². The molecule has 360 valence electrons. The zero-order valence-electron chi connectivity index (χ0n) is 41.2. The van der Waals surface area contributed by atoms with Crippen LogP contribution in [0.4, 0.5) is 0 Å². The van der Waals surface area contributed by atoms with E-state index in [4.69, 9.17) is 14.2 Å². The number of ether oxygens (including phenoxy) is 3. The first kappa shape index (κ1) is 59.1. The van der Waals surface area contributed by atoms with Crippen molar-refractivity contribution in [2.45, 2.75) is 309 Å². The first-order chi connectivity index (χ1) is 30.0. The molecule has 1 unspecified atom stereocenters. The van der Waals surface area contributed by atoms with Gasteiger partial charge in [0.05, 0.1) is 0 Å². The van der Waals surface area contributed by atoms with E-state index in [0.717, 1.165) is 57.8 Å². The highest BCUT2D eigenvalue weighted by Gasteiger charge is 2.19. The van der Waals surface area contributed by atoms with Gasteiger partial charge in [-0.15, -0.1) is 0 Å². The van der Waals surface area contributed by atoms with Gasteiger partial charge >= 0.3 is 17.9 Å². The summed E-state index contributed by atoms with van der Waals surface area (Å²) >= 11 is 0. The summed E-state index contributed by atoms with van der Waals surface area (Å²) in [7, 11) is 0. The van der Waals surface area contributed by atoms with Crippen molar-refractivity contribution < 1.29 is 28.6 Å². The lowest BCUT2D eigenvalue weighted by Gasteiger charge is -2.18. The molecule has 0 amide bonds. The van der Waals surface area contributed by atoms with Gasteiger partial charge in [0.25, 0.3) is 0 Å². The molecule has 61 heavy (non-hydrogen) atoms. The number of carbonyl (C=O) groups is 3. The third kappa shape index (κ3) is 49.0. The lowest BCUT2D eigenvalue weighted by Crippen LogP contribution is -2.30. The summed E-state index contributed by atoms with van der Waals surface area (Å²) in [5.41, 5.74) is 0. The minimum atomic E-state index is -0.764. The quantitative estimate of drug-likeness (QED) is 0.0262. The maximum Gasteiger partial charge on any atom is 0.306 e. The van der Waals surface area contributed by atoms with Crippen LogP contribution in [0.5, 0.6) is 0 Å². The van der Waals surface area contributed by atoms with Gasteiger partial charge in [-0.25, -0.2) is 0 Å². The van der Waals surface area contributed by atoms with E-state index < -0.39 is 6.10 Å². The third-order valence-electron chi connectivity index (χ3n) is 12.3. The van der Waals surface area contributed by atoms with E-state index in [0.29, 0.717) is 19.3 Å². The van der Waals surface area contributed by atoms with E-state index in [9.17, 15) is 14.4 Å². The number of hydrogen-bond acceptors (Lipinski definition) is 6. The van der Waals surface area contributed by atoms with Crippen molar-refractivity contribution in [3.8, 4) is 0 Å². The molecule has 6 nitrogen and oxygen atoms in total. The van der Waals surface area contributed by atoms with Crippen LogP contribution in [0, 0.1) is 0 Å². The van der Waals surface area contributed by atoms with Crippen LogP contribution in [0.25, 0.3) is 0 Å². The van der Waals surface area contributed by atoms with Gasteiger partial charge in [-0.05, 0) is 44.9 Å². The van der Waals surface area contributed by atoms with Gasteiger partial charge in [-0.3, -0.25) is 14.4 Å². The van der Waals surface area contributed by atoms with Gasteiger partial charge in [-0.2, -0.15) is 0 Å². The van der Waals surface area contributed by atoms with Crippen LogP contribution in [-0.4, -0.2) is 37.2 Å². The van der Waals surface area contributed by atoms with Crippen molar-refractivity contribution in [2.24, 2.45) is 0 Å². The van der Waals surface area contributed by atoms with Crippen molar-refractivity contribution in [3.63, 3.8) is 0 Å². The first-order valence-electron chi connectivity index (χ1n) is 27.2. The molecular formula is C55H104O6. The Kier molecular flexibility index (Phi) is 49.3. The standard InChI is InChI=1S/C55H104O6/c1-4-7-10-13-16-18-20-22-24-26-28-30-32-34-36-39-42-45-48-54(57)60-51-52(50-59-53(56)47-44-41-38-15-12-9-6-3)61-55(58)49-46-43-40-37-35-33-31-29-27-25-23-21-19-17-14-11-8-5-2/h24,26,52H,4-23,25,27-51H2,1-3H3/b26-24-. The van der Waals surface area contributed by atoms with E-state index in [2.05, 4.69) is 32.9 Å². The molecule has 0 bridgehead atoms.